The van der Waals surface area contributed by atoms with Gasteiger partial charge in [-0.1, -0.05) is 0 Å². The zero-order valence-corrected chi connectivity index (χ0v) is 4.76. The molecule has 0 rings (SSSR count). The molecule has 0 spiro atoms. The standard InChI is InChI=1S/C3H5NO6/c5-1-2(6)3(7)10-4(8)9/h2,5-6H,1H2. The maximum atomic E-state index is 10.1. The lowest BCUT2D eigenvalue weighted by Gasteiger charge is -2.00. The number of hydrogen-bond acceptors (Lipinski definition) is 6. The van der Waals surface area contributed by atoms with Crippen LogP contribution in [0.2, 0.25) is 0 Å². The molecule has 1 atom stereocenters. The lowest BCUT2D eigenvalue weighted by Crippen LogP contribution is -2.28. The Balaban J connectivity index is 3.73. The predicted octanol–water partition coefficient (Wildman–Crippen LogP) is -1.93. The van der Waals surface area contributed by atoms with E-state index in [1.807, 2.05) is 0 Å². The number of aliphatic hydroxyl groups is 2. The highest BCUT2D eigenvalue weighted by Gasteiger charge is 2.17. The molecule has 0 saturated carbocycles. The van der Waals surface area contributed by atoms with Crippen molar-refractivity contribution >= 4 is 5.97 Å². The van der Waals surface area contributed by atoms with Crippen LogP contribution >= 0.6 is 0 Å². The van der Waals surface area contributed by atoms with Gasteiger partial charge < -0.3 is 10.2 Å². The number of carbonyl (C=O) groups is 1. The van der Waals surface area contributed by atoms with Gasteiger partial charge in [-0.25, -0.2) is 4.84 Å². The first-order valence-corrected chi connectivity index (χ1v) is 2.23. The molecule has 0 aromatic carbocycles. The van der Waals surface area contributed by atoms with E-state index in [-0.39, 0.29) is 0 Å². The second-order valence-electron chi connectivity index (χ2n) is 1.33. The van der Waals surface area contributed by atoms with Crippen LogP contribution in [0, 0.1) is 10.1 Å². The minimum Gasteiger partial charge on any atom is -0.393 e. The van der Waals surface area contributed by atoms with Gasteiger partial charge in [0.1, 0.15) is 0 Å². The number of rotatable bonds is 3. The van der Waals surface area contributed by atoms with Gasteiger partial charge >= 0.3 is 11.1 Å². The Morgan fingerprint density at radius 3 is 2.60 bits per heavy atom. The Morgan fingerprint density at radius 1 is 1.80 bits per heavy atom. The number of carbonyl (C=O) groups excluding carboxylic acids is 1. The van der Waals surface area contributed by atoms with Crippen molar-refractivity contribution in [1.82, 2.24) is 0 Å². The summed E-state index contributed by atoms with van der Waals surface area (Å²) in [5.74, 6) is -1.48. The summed E-state index contributed by atoms with van der Waals surface area (Å²) < 4.78 is 0. The molecule has 0 aromatic heterocycles. The van der Waals surface area contributed by atoms with E-state index in [1.165, 1.54) is 0 Å². The van der Waals surface area contributed by atoms with Gasteiger partial charge in [0.05, 0.1) is 6.61 Å². The molecule has 0 saturated heterocycles. The highest BCUT2D eigenvalue weighted by molar-refractivity contribution is 5.73. The molecule has 0 aliphatic heterocycles. The smallest absolute Gasteiger partial charge is 0.334 e. The summed E-state index contributed by atoms with van der Waals surface area (Å²) >= 11 is 0. The highest BCUT2D eigenvalue weighted by atomic mass is 17.0. The fourth-order valence-corrected chi connectivity index (χ4v) is 0.209. The Labute approximate surface area is 54.9 Å². The molecule has 7 nitrogen and oxygen atoms in total. The van der Waals surface area contributed by atoms with Crippen molar-refractivity contribution < 1.29 is 24.9 Å². The first-order chi connectivity index (χ1) is 4.57. The molecule has 0 radical (unpaired) electrons. The van der Waals surface area contributed by atoms with Crippen LogP contribution in [0.1, 0.15) is 0 Å². The van der Waals surface area contributed by atoms with E-state index < -0.39 is 23.8 Å². The zero-order valence-electron chi connectivity index (χ0n) is 4.76. The Hall–Kier alpha value is -1.21. The van der Waals surface area contributed by atoms with E-state index in [0.717, 1.165) is 0 Å². The predicted molar refractivity (Wildman–Crippen MR) is 26.2 cm³/mol. The third-order valence-corrected chi connectivity index (χ3v) is 0.610. The summed E-state index contributed by atoms with van der Waals surface area (Å²) in [5.41, 5.74) is 0. The van der Waals surface area contributed by atoms with Crippen LogP contribution in [0.25, 0.3) is 0 Å². The van der Waals surface area contributed by atoms with E-state index in [4.69, 9.17) is 10.2 Å². The van der Waals surface area contributed by atoms with Gasteiger partial charge in [-0.05, 0) is 0 Å². The minimum absolute atomic E-state index is 0.896. The van der Waals surface area contributed by atoms with E-state index in [0.29, 0.717) is 0 Å². The van der Waals surface area contributed by atoms with Crippen LogP contribution < -0.4 is 0 Å². The van der Waals surface area contributed by atoms with Crippen LogP contribution in [-0.4, -0.2) is 34.0 Å². The number of hydrogen-bond donors (Lipinski definition) is 2. The van der Waals surface area contributed by atoms with Crippen molar-refractivity contribution in [1.29, 1.82) is 0 Å². The summed E-state index contributed by atoms with van der Waals surface area (Å²) in [6, 6.07) is 0. The molecule has 7 heteroatoms. The second-order valence-corrected chi connectivity index (χ2v) is 1.33. The van der Waals surface area contributed by atoms with Crippen molar-refractivity contribution in [3.05, 3.63) is 10.1 Å². The normalized spacial score (nSPS) is 12.2. The van der Waals surface area contributed by atoms with Crippen molar-refractivity contribution in [2.45, 2.75) is 6.10 Å². The Bertz CT molecular complexity index is 144. The molecule has 0 aromatic rings. The molecule has 0 bridgehead atoms. The van der Waals surface area contributed by atoms with Gasteiger partial charge in [0.15, 0.2) is 6.10 Å². The summed E-state index contributed by atoms with van der Waals surface area (Å²) in [4.78, 5) is 22.8. The lowest BCUT2D eigenvalue weighted by atomic mass is 10.4. The van der Waals surface area contributed by atoms with Gasteiger partial charge in [-0.15, -0.1) is 10.1 Å². The van der Waals surface area contributed by atoms with Crippen LogP contribution in [-0.2, 0) is 9.63 Å². The molecule has 10 heavy (non-hydrogen) atoms. The Kier molecular flexibility index (Phi) is 3.29. The molecule has 0 aliphatic rings. The van der Waals surface area contributed by atoms with E-state index in [1.54, 1.807) is 0 Å². The number of nitrogens with zero attached hydrogens (tertiary/aromatic N) is 1. The maximum absolute atomic E-state index is 10.1. The third-order valence-electron chi connectivity index (χ3n) is 0.610. The summed E-state index contributed by atoms with van der Waals surface area (Å²) in [7, 11) is 0. The fraction of sp³-hybridized carbons (Fsp3) is 0.667. The average molecular weight is 151 g/mol. The summed E-state index contributed by atoms with van der Waals surface area (Å²) in [6.45, 7) is -0.896. The van der Waals surface area contributed by atoms with E-state index in [9.17, 15) is 14.9 Å². The topological polar surface area (TPSA) is 110 Å². The Morgan fingerprint density at radius 2 is 2.30 bits per heavy atom. The third kappa shape index (κ3) is 2.95. The van der Waals surface area contributed by atoms with Gasteiger partial charge in [0, 0.05) is 0 Å². The quantitative estimate of drug-likeness (QED) is 0.359. The maximum Gasteiger partial charge on any atom is 0.334 e. The van der Waals surface area contributed by atoms with E-state index in [2.05, 4.69) is 4.84 Å². The largest absolute Gasteiger partial charge is 0.393 e. The molecule has 0 amide bonds. The summed E-state index contributed by atoms with van der Waals surface area (Å²) in [6.07, 6.45) is -1.84. The van der Waals surface area contributed by atoms with Crippen LogP contribution in [0.3, 0.4) is 0 Å². The number of aliphatic hydroxyl groups excluding tert-OH is 2. The van der Waals surface area contributed by atoms with Crippen molar-refractivity contribution in [2.24, 2.45) is 0 Å². The SMILES string of the molecule is O=C(O[N+](=O)[O-])C(O)CO. The molecular weight excluding hydrogens is 146 g/mol. The fourth-order valence-electron chi connectivity index (χ4n) is 0.209. The van der Waals surface area contributed by atoms with Crippen LogP contribution in [0.5, 0.6) is 0 Å². The first-order valence-electron chi connectivity index (χ1n) is 2.23. The van der Waals surface area contributed by atoms with Crippen molar-refractivity contribution in [3.63, 3.8) is 0 Å². The van der Waals surface area contributed by atoms with Crippen molar-refractivity contribution in [3.8, 4) is 0 Å². The first kappa shape index (κ1) is 8.79. The molecule has 0 fully saturated rings. The summed E-state index contributed by atoms with van der Waals surface area (Å²) in [5, 5.41) is 24.4. The monoisotopic (exact) mass is 151 g/mol. The molecular formula is C3H5NO6. The van der Waals surface area contributed by atoms with Gasteiger partial charge in [0.2, 0.25) is 0 Å². The van der Waals surface area contributed by atoms with Gasteiger partial charge in [-0.2, -0.15) is 0 Å². The van der Waals surface area contributed by atoms with Crippen LogP contribution in [0.15, 0.2) is 0 Å². The minimum atomic E-state index is -1.84. The molecule has 0 heterocycles. The van der Waals surface area contributed by atoms with E-state index >= 15 is 0 Å². The lowest BCUT2D eigenvalue weighted by molar-refractivity contribution is -0.730. The molecule has 2 N–H and O–H groups in total. The highest BCUT2D eigenvalue weighted by Crippen LogP contribution is 1.86. The zero-order chi connectivity index (χ0) is 8.15. The van der Waals surface area contributed by atoms with Gasteiger partial charge in [-0.3, -0.25) is 4.79 Å². The molecule has 58 valence electrons. The van der Waals surface area contributed by atoms with Crippen molar-refractivity contribution in [2.75, 3.05) is 6.61 Å². The second kappa shape index (κ2) is 3.75. The molecule has 1 unspecified atom stereocenters. The molecule has 0 aliphatic carbocycles. The van der Waals surface area contributed by atoms with Crippen LogP contribution in [0.4, 0.5) is 0 Å². The average Bonchev–Trinajstić information content (AvgIpc) is 1.85. The van der Waals surface area contributed by atoms with Gasteiger partial charge in [0.25, 0.3) is 0 Å².